The van der Waals surface area contributed by atoms with Crippen LogP contribution < -0.4 is 10.1 Å². The molecule has 0 saturated heterocycles. The topological polar surface area (TPSA) is 21.3 Å². The van der Waals surface area contributed by atoms with Crippen LogP contribution in [0.25, 0.3) is 0 Å². The molecule has 2 rings (SSSR count). The molecule has 0 aliphatic rings. The molecule has 1 N–H and O–H groups in total. The number of benzene rings is 1. The van der Waals surface area contributed by atoms with Crippen molar-refractivity contribution in [3.05, 3.63) is 50.4 Å². The van der Waals surface area contributed by atoms with E-state index >= 15 is 0 Å². The third kappa shape index (κ3) is 3.54. The van der Waals surface area contributed by atoms with Crippen LogP contribution in [0.2, 0.25) is 0 Å². The zero-order valence-electron chi connectivity index (χ0n) is 9.87. The van der Waals surface area contributed by atoms with E-state index in [1.807, 2.05) is 5.38 Å². The third-order valence-corrected chi connectivity index (χ3v) is 4.19. The number of ether oxygens (including phenoxy) is 1. The van der Waals surface area contributed by atoms with Crippen LogP contribution in [0.15, 0.2) is 34.1 Å². The van der Waals surface area contributed by atoms with Crippen molar-refractivity contribution in [2.24, 2.45) is 0 Å². The number of nitrogens with one attached hydrogen (secondary N) is 1. The van der Waals surface area contributed by atoms with Crippen molar-refractivity contribution in [1.29, 1.82) is 0 Å². The van der Waals surface area contributed by atoms with Gasteiger partial charge in [0, 0.05) is 39.4 Å². The number of thiophene rings is 1. The maximum atomic E-state index is 13.6. The number of methoxy groups -OCH3 is 1. The molecule has 96 valence electrons. The molecule has 0 bridgehead atoms. The summed E-state index contributed by atoms with van der Waals surface area (Å²) in [7, 11) is 1.53. The molecule has 0 aliphatic heterocycles. The summed E-state index contributed by atoms with van der Waals surface area (Å²) >= 11 is 5.08. The second-order valence-electron chi connectivity index (χ2n) is 3.79. The Morgan fingerprint density at radius 1 is 1.33 bits per heavy atom. The van der Waals surface area contributed by atoms with Gasteiger partial charge in [0.05, 0.1) is 7.11 Å². The van der Waals surface area contributed by atoms with Gasteiger partial charge < -0.3 is 10.1 Å². The van der Waals surface area contributed by atoms with E-state index in [1.165, 1.54) is 18.1 Å². The fraction of sp³-hybridized carbons (Fsp3) is 0.231. The lowest BCUT2D eigenvalue weighted by molar-refractivity contribution is 0.410. The van der Waals surface area contributed by atoms with Gasteiger partial charge in [-0.15, -0.1) is 11.3 Å². The second kappa shape index (κ2) is 6.31. The smallest absolute Gasteiger partial charge is 0.131 e. The van der Waals surface area contributed by atoms with Gasteiger partial charge in [0.2, 0.25) is 0 Å². The summed E-state index contributed by atoms with van der Waals surface area (Å²) < 4.78 is 19.7. The molecule has 0 amide bonds. The highest BCUT2D eigenvalue weighted by Crippen LogP contribution is 2.20. The fourth-order valence-corrected chi connectivity index (χ4v) is 2.99. The molecular formula is C13H13BrFNOS. The van der Waals surface area contributed by atoms with Crippen molar-refractivity contribution in [3.63, 3.8) is 0 Å². The predicted octanol–water partition coefficient (Wildman–Crippen LogP) is 3.95. The van der Waals surface area contributed by atoms with Gasteiger partial charge >= 0.3 is 0 Å². The van der Waals surface area contributed by atoms with Crippen molar-refractivity contribution >= 4 is 27.3 Å². The molecule has 0 spiro atoms. The Labute approximate surface area is 118 Å². The van der Waals surface area contributed by atoms with E-state index < -0.39 is 0 Å². The molecule has 0 atom stereocenters. The SMILES string of the molecule is COc1ccc(CNCc2cc(Br)cs2)c(F)c1. The predicted molar refractivity (Wildman–Crippen MR) is 75.5 cm³/mol. The summed E-state index contributed by atoms with van der Waals surface area (Å²) in [5.74, 6) is 0.299. The van der Waals surface area contributed by atoms with Gasteiger partial charge in [-0.25, -0.2) is 4.39 Å². The lowest BCUT2D eigenvalue weighted by Crippen LogP contribution is -2.12. The molecular weight excluding hydrogens is 317 g/mol. The van der Waals surface area contributed by atoms with E-state index in [2.05, 4.69) is 27.3 Å². The summed E-state index contributed by atoms with van der Waals surface area (Å²) in [5.41, 5.74) is 0.645. The van der Waals surface area contributed by atoms with Crippen LogP contribution in [0.5, 0.6) is 5.75 Å². The van der Waals surface area contributed by atoms with Crippen LogP contribution in [0.4, 0.5) is 4.39 Å². The molecule has 18 heavy (non-hydrogen) atoms. The standard InChI is InChI=1S/C13H13BrFNOS/c1-17-11-3-2-9(13(15)5-11)6-16-7-12-4-10(14)8-18-12/h2-5,8,16H,6-7H2,1H3. The number of halogens is 2. The van der Waals surface area contributed by atoms with Crippen LogP contribution >= 0.6 is 27.3 Å². The highest BCUT2D eigenvalue weighted by molar-refractivity contribution is 9.10. The average Bonchev–Trinajstić information content (AvgIpc) is 2.77. The molecule has 5 heteroatoms. The normalized spacial score (nSPS) is 10.6. The van der Waals surface area contributed by atoms with Gasteiger partial charge in [-0.2, -0.15) is 0 Å². The van der Waals surface area contributed by atoms with Crippen molar-refractivity contribution in [2.45, 2.75) is 13.1 Å². The Bertz CT molecular complexity index is 529. The third-order valence-electron chi connectivity index (χ3n) is 2.50. The first-order chi connectivity index (χ1) is 8.69. The number of hydrogen-bond donors (Lipinski definition) is 1. The first-order valence-electron chi connectivity index (χ1n) is 5.45. The first kappa shape index (κ1) is 13.5. The van der Waals surface area contributed by atoms with E-state index in [-0.39, 0.29) is 5.82 Å². The van der Waals surface area contributed by atoms with Crippen molar-refractivity contribution in [1.82, 2.24) is 5.32 Å². The maximum Gasteiger partial charge on any atom is 0.131 e. The lowest BCUT2D eigenvalue weighted by atomic mass is 10.2. The summed E-state index contributed by atoms with van der Waals surface area (Å²) in [4.78, 5) is 1.22. The van der Waals surface area contributed by atoms with Crippen molar-refractivity contribution in [2.75, 3.05) is 7.11 Å². The van der Waals surface area contributed by atoms with Gasteiger partial charge in [0.15, 0.2) is 0 Å². The Kier molecular flexibility index (Phi) is 4.74. The van der Waals surface area contributed by atoms with Crippen LogP contribution in [0.3, 0.4) is 0 Å². The van der Waals surface area contributed by atoms with E-state index in [1.54, 1.807) is 23.5 Å². The van der Waals surface area contributed by atoms with E-state index in [9.17, 15) is 4.39 Å². The quantitative estimate of drug-likeness (QED) is 0.896. The summed E-state index contributed by atoms with van der Waals surface area (Å²) in [6.45, 7) is 1.24. The molecule has 1 aromatic heterocycles. The van der Waals surface area contributed by atoms with Crippen LogP contribution in [0.1, 0.15) is 10.4 Å². The molecule has 2 aromatic rings. The molecule has 1 aromatic carbocycles. The minimum absolute atomic E-state index is 0.241. The van der Waals surface area contributed by atoms with Crippen molar-refractivity contribution < 1.29 is 9.13 Å². The summed E-state index contributed by atoms with van der Waals surface area (Å²) in [6, 6.07) is 6.97. The molecule has 0 radical (unpaired) electrons. The van der Waals surface area contributed by atoms with E-state index in [4.69, 9.17) is 4.74 Å². The Morgan fingerprint density at radius 2 is 2.17 bits per heavy atom. The largest absolute Gasteiger partial charge is 0.497 e. The molecule has 0 fully saturated rings. The van der Waals surface area contributed by atoms with E-state index in [0.29, 0.717) is 17.9 Å². The molecule has 0 aliphatic carbocycles. The summed E-state index contributed by atoms with van der Waals surface area (Å²) in [5, 5.41) is 5.25. The summed E-state index contributed by atoms with van der Waals surface area (Å²) in [6.07, 6.45) is 0. The van der Waals surface area contributed by atoms with Crippen molar-refractivity contribution in [3.8, 4) is 5.75 Å². The van der Waals surface area contributed by atoms with Gasteiger partial charge in [-0.3, -0.25) is 0 Å². The highest BCUT2D eigenvalue weighted by atomic mass is 79.9. The fourth-order valence-electron chi connectivity index (χ4n) is 1.57. The Hall–Kier alpha value is -0.910. The minimum Gasteiger partial charge on any atom is -0.497 e. The minimum atomic E-state index is -0.241. The highest BCUT2D eigenvalue weighted by Gasteiger charge is 2.04. The molecule has 1 heterocycles. The molecule has 0 saturated carbocycles. The van der Waals surface area contributed by atoms with Crippen LogP contribution in [-0.2, 0) is 13.1 Å². The molecule has 0 unspecified atom stereocenters. The van der Waals surface area contributed by atoms with Crippen LogP contribution in [0, 0.1) is 5.82 Å². The monoisotopic (exact) mass is 329 g/mol. The second-order valence-corrected chi connectivity index (χ2v) is 5.70. The average molecular weight is 330 g/mol. The Morgan fingerprint density at radius 3 is 2.78 bits per heavy atom. The maximum absolute atomic E-state index is 13.6. The van der Waals surface area contributed by atoms with Gasteiger partial charge in [0.1, 0.15) is 11.6 Å². The van der Waals surface area contributed by atoms with E-state index in [0.717, 1.165) is 11.0 Å². The van der Waals surface area contributed by atoms with Gasteiger partial charge in [-0.05, 0) is 28.1 Å². The van der Waals surface area contributed by atoms with Gasteiger partial charge in [-0.1, -0.05) is 6.07 Å². The zero-order valence-corrected chi connectivity index (χ0v) is 12.3. The van der Waals surface area contributed by atoms with Crippen LogP contribution in [-0.4, -0.2) is 7.11 Å². The zero-order chi connectivity index (χ0) is 13.0. The number of rotatable bonds is 5. The van der Waals surface area contributed by atoms with Gasteiger partial charge in [0.25, 0.3) is 0 Å². The molecule has 2 nitrogen and oxygen atoms in total. The lowest BCUT2D eigenvalue weighted by Gasteiger charge is -2.06. The first-order valence-corrected chi connectivity index (χ1v) is 7.12. The Balaban J connectivity index is 1.90. The number of hydrogen-bond acceptors (Lipinski definition) is 3.